The van der Waals surface area contributed by atoms with E-state index >= 15 is 0 Å². The Morgan fingerprint density at radius 3 is 2.77 bits per heavy atom. The number of rotatable bonds is 6. The zero-order valence-electron chi connectivity index (χ0n) is 15.5. The smallest absolute Gasteiger partial charge is 0.362 e. The Bertz CT molecular complexity index is 1310. The lowest BCUT2D eigenvalue weighted by Crippen LogP contribution is -2.25. The number of benzene rings is 2. The van der Waals surface area contributed by atoms with Gasteiger partial charge in [0.15, 0.2) is 5.69 Å². The molecule has 0 fully saturated rings. The molecule has 0 unspecified atom stereocenters. The molecule has 4 rings (SSSR count). The molecule has 0 saturated heterocycles. The van der Waals surface area contributed by atoms with E-state index in [9.17, 15) is 19.7 Å². The van der Waals surface area contributed by atoms with Gasteiger partial charge in [-0.3, -0.25) is 14.9 Å². The van der Waals surface area contributed by atoms with Crippen molar-refractivity contribution in [3.05, 3.63) is 92.6 Å². The van der Waals surface area contributed by atoms with Gasteiger partial charge in [0.1, 0.15) is 11.3 Å². The molecule has 30 heavy (non-hydrogen) atoms. The van der Waals surface area contributed by atoms with E-state index in [0.29, 0.717) is 16.8 Å². The van der Waals surface area contributed by atoms with E-state index < -0.39 is 16.5 Å². The molecular formula is C20H15N5O5. The topological polar surface area (TPSA) is 133 Å². The number of nitro groups is 1. The Morgan fingerprint density at radius 2 is 1.93 bits per heavy atom. The molecule has 0 aliphatic carbocycles. The first-order chi connectivity index (χ1) is 14.5. The van der Waals surface area contributed by atoms with Gasteiger partial charge in [0.05, 0.1) is 24.1 Å². The lowest BCUT2D eigenvalue weighted by Gasteiger charge is -2.04. The predicted molar refractivity (Wildman–Crippen MR) is 106 cm³/mol. The quantitative estimate of drug-likeness (QED) is 0.295. The molecule has 2 aromatic heterocycles. The van der Waals surface area contributed by atoms with Crippen molar-refractivity contribution in [2.75, 3.05) is 0 Å². The summed E-state index contributed by atoms with van der Waals surface area (Å²) in [6.45, 7) is 0.0539. The number of hydrogen-bond acceptors (Lipinski definition) is 7. The molecule has 0 bridgehead atoms. The van der Waals surface area contributed by atoms with Crippen LogP contribution < -0.4 is 10.9 Å². The first kappa shape index (κ1) is 19.0. The first-order valence-corrected chi connectivity index (χ1v) is 8.95. The summed E-state index contributed by atoms with van der Waals surface area (Å²) < 4.78 is 6.56. The van der Waals surface area contributed by atoms with Crippen molar-refractivity contribution < 1.29 is 14.1 Å². The molecule has 1 amide bonds. The molecule has 0 spiro atoms. The average molecular weight is 405 g/mol. The summed E-state index contributed by atoms with van der Waals surface area (Å²) in [5.41, 5.74) is 0.718. The number of nitrogens with one attached hydrogen (secondary N) is 1. The van der Waals surface area contributed by atoms with Crippen LogP contribution in [0.2, 0.25) is 0 Å². The van der Waals surface area contributed by atoms with Crippen molar-refractivity contribution in [1.29, 1.82) is 0 Å². The Labute approximate surface area is 168 Å². The summed E-state index contributed by atoms with van der Waals surface area (Å²) in [5.74, 6) is -0.399. The van der Waals surface area contributed by atoms with Crippen LogP contribution in [-0.4, -0.2) is 25.8 Å². The molecule has 4 aromatic rings. The van der Waals surface area contributed by atoms with E-state index in [4.69, 9.17) is 4.42 Å². The summed E-state index contributed by atoms with van der Waals surface area (Å²) in [6.07, 6.45) is 1.37. The van der Waals surface area contributed by atoms with Gasteiger partial charge in [-0.2, -0.15) is 0 Å². The van der Waals surface area contributed by atoms with Crippen LogP contribution in [0.5, 0.6) is 0 Å². The van der Waals surface area contributed by atoms with Gasteiger partial charge in [0.2, 0.25) is 5.91 Å². The highest BCUT2D eigenvalue weighted by atomic mass is 16.6. The van der Waals surface area contributed by atoms with Crippen LogP contribution in [0.25, 0.3) is 16.7 Å². The van der Waals surface area contributed by atoms with Crippen LogP contribution in [0, 0.1) is 10.1 Å². The molecule has 150 valence electrons. The normalized spacial score (nSPS) is 10.8. The van der Waals surface area contributed by atoms with Crippen molar-refractivity contribution in [3.8, 4) is 5.69 Å². The van der Waals surface area contributed by atoms with Crippen LogP contribution >= 0.6 is 0 Å². The molecule has 2 aromatic carbocycles. The molecular weight excluding hydrogens is 390 g/mol. The number of carbonyl (C=O) groups is 1. The van der Waals surface area contributed by atoms with E-state index in [-0.39, 0.29) is 24.3 Å². The number of hydrogen-bond donors (Lipinski definition) is 1. The zero-order valence-corrected chi connectivity index (χ0v) is 15.5. The van der Waals surface area contributed by atoms with Crippen molar-refractivity contribution >= 4 is 22.6 Å². The number of nitrogens with zero attached hydrogens (tertiary/aromatic N) is 4. The summed E-state index contributed by atoms with van der Waals surface area (Å²) >= 11 is 0. The van der Waals surface area contributed by atoms with Gasteiger partial charge >= 0.3 is 5.63 Å². The summed E-state index contributed by atoms with van der Waals surface area (Å²) in [6, 6.07) is 14.8. The number of carbonyl (C=O) groups excluding carboxylic acids is 1. The van der Waals surface area contributed by atoms with Gasteiger partial charge in [-0.15, -0.1) is 5.10 Å². The number of amides is 1. The minimum atomic E-state index is -0.564. The van der Waals surface area contributed by atoms with Gasteiger partial charge in [-0.1, -0.05) is 41.6 Å². The van der Waals surface area contributed by atoms with Crippen LogP contribution in [0.3, 0.4) is 0 Å². The Kier molecular flexibility index (Phi) is 5.04. The Hall–Kier alpha value is -4.34. The fourth-order valence-electron chi connectivity index (χ4n) is 2.97. The minimum Gasteiger partial charge on any atom is -0.421 e. The standard InChI is InChI=1S/C20H15N5O5/c26-19(10-13-5-1-3-7-16(13)25(28)29)21-11-15-12-24(23-22-15)17-9-14-6-2-4-8-18(14)30-20(17)27/h1-9,12H,10-11H2,(H,21,26). The van der Waals surface area contributed by atoms with Crippen LogP contribution in [-0.2, 0) is 17.8 Å². The third-order valence-electron chi connectivity index (χ3n) is 4.42. The highest BCUT2D eigenvalue weighted by Gasteiger charge is 2.16. The van der Waals surface area contributed by atoms with Gasteiger partial charge < -0.3 is 9.73 Å². The second kappa shape index (κ2) is 7.95. The molecule has 0 radical (unpaired) electrons. The molecule has 0 aliphatic rings. The monoisotopic (exact) mass is 405 g/mol. The van der Waals surface area contributed by atoms with E-state index in [1.807, 2.05) is 12.1 Å². The summed E-state index contributed by atoms with van der Waals surface area (Å²) in [5, 5.41) is 22.3. The van der Waals surface area contributed by atoms with Crippen molar-refractivity contribution in [2.24, 2.45) is 0 Å². The Balaban J connectivity index is 1.46. The lowest BCUT2D eigenvalue weighted by atomic mass is 10.1. The van der Waals surface area contributed by atoms with Gasteiger partial charge in [0.25, 0.3) is 5.69 Å². The summed E-state index contributed by atoms with van der Waals surface area (Å²) in [4.78, 5) is 34.9. The number of aromatic nitrogens is 3. The maximum atomic E-state index is 12.2. The molecule has 0 aliphatic heterocycles. The number of fused-ring (bicyclic) bond motifs is 1. The second-order valence-electron chi connectivity index (χ2n) is 6.45. The molecule has 2 heterocycles. The van der Waals surface area contributed by atoms with Crippen molar-refractivity contribution in [2.45, 2.75) is 13.0 Å². The van der Waals surface area contributed by atoms with Crippen LogP contribution in [0.1, 0.15) is 11.3 Å². The highest BCUT2D eigenvalue weighted by molar-refractivity contribution is 5.79. The lowest BCUT2D eigenvalue weighted by molar-refractivity contribution is -0.385. The Morgan fingerprint density at radius 1 is 1.17 bits per heavy atom. The van der Waals surface area contributed by atoms with Crippen LogP contribution in [0.4, 0.5) is 5.69 Å². The maximum Gasteiger partial charge on any atom is 0.362 e. The molecule has 0 saturated carbocycles. The molecule has 10 nitrogen and oxygen atoms in total. The maximum absolute atomic E-state index is 12.2. The molecule has 0 atom stereocenters. The average Bonchev–Trinajstić information content (AvgIpc) is 3.21. The number of nitro benzene ring substituents is 1. The molecule has 1 N–H and O–H groups in total. The SMILES string of the molecule is O=C(Cc1ccccc1[N+](=O)[O-])NCc1cn(-c2cc3ccccc3oc2=O)nn1. The van der Waals surface area contributed by atoms with E-state index in [1.165, 1.54) is 23.0 Å². The van der Waals surface area contributed by atoms with Gasteiger partial charge in [0, 0.05) is 17.0 Å². The largest absolute Gasteiger partial charge is 0.421 e. The number of para-hydroxylation sites is 2. The predicted octanol–water partition coefficient (Wildman–Crippen LogP) is 2.14. The van der Waals surface area contributed by atoms with E-state index in [1.54, 1.807) is 30.3 Å². The van der Waals surface area contributed by atoms with Gasteiger partial charge in [-0.25, -0.2) is 9.48 Å². The second-order valence-corrected chi connectivity index (χ2v) is 6.45. The van der Waals surface area contributed by atoms with Gasteiger partial charge in [-0.05, 0) is 12.1 Å². The van der Waals surface area contributed by atoms with Crippen molar-refractivity contribution in [1.82, 2.24) is 20.3 Å². The third-order valence-corrected chi connectivity index (χ3v) is 4.42. The zero-order chi connectivity index (χ0) is 21.1. The van der Waals surface area contributed by atoms with E-state index in [0.717, 1.165) is 5.39 Å². The fourth-order valence-corrected chi connectivity index (χ4v) is 2.97. The minimum absolute atomic E-state index is 0.0539. The first-order valence-electron chi connectivity index (χ1n) is 8.95. The molecule has 10 heteroatoms. The third kappa shape index (κ3) is 3.92. The highest BCUT2D eigenvalue weighted by Crippen LogP contribution is 2.18. The van der Waals surface area contributed by atoms with Crippen molar-refractivity contribution in [3.63, 3.8) is 0 Å². The fraction of sp³-hybridized carbons (Fsp3) is 0.100. The summed E-state index contributed by atoms with van der Waals surface area (Å²) in [7, 11) is 0. The van der Waals surface area contributed by atoms with Crippen LogP contribution in [0.15, 0.2) is 70.0 Å². The van der Waals surface area contributed by atoms with E-state index in [2.05, 4.69) is 15.6 Å².